The zero-order chi connectivity index (χ0) is 18.1. The van der Waals surface area contributed by atoms with Gasteiger partial charge in [0.15, 0.2) is 0 Å². The van der Waals surface area contributed by atoms with Crippen LogP contribution in [-0.2, 0) is 9.59 Å². The highest BCUT2D eigenvalue weighted by atomic mass is 16.2. The second kappa shape index (κ2) is 17.4. The van der Waals surface area contributed by atoms with Gasteiger partial charge in [-0.05, 0) is 19.3 Å². The van der Waals surface area contributed by atoms with Crippen LogP contribution in [0.2, 0.25) is 0 Å². The van der Waals surface area contributed by atoms with Crippen LogP contribution in [0.3, 0.4) is 0 Å². The Morgan fingerprint density at radius 2 is 1.59 bits per heavy atom. The van der Waals surface area contributed by atoms with E-state index in [1.165, 1.54) is 6.92 Å². The fourth-order valence-electron chi connectivity index (χ4n) is 1.14. The lowest BCUT2D eigenvalue weighted by molar-refractivity contribution is -0.126. The third-order valence-electron chi connectivity index (χ3n) is 2.19. The van der Waals surface area contributed by atoms with Crippen molar-refractivity contribution < 1.29 is 14.4 Å². The summed E-state index contributed by atoms with van der Waals surface area (Å²) in [5.74, 6) is 4.96. The molecule has 0 aliphatic heterocycles. The first-order chi connectivity index (χ1) is 10.3. The van der Waals surface area contributed by atoms with E-state index < -0.39 is 12.1 Å². The molecular formula is C14H33N5O3. The van der Waals surface area contributed by atoms with Gasteiger partial charge in [-0.3, -0.25) is 15.4 Å². The molecule has 8 heteroatoms. The fourth-order valence-corrected chi connectivity index (χ4v) is 1.14. The van der Waals surface area contributed by atoms with E-state index in [2.05, 4.69) is 16.1 Å². The van der Waals surface area contributed by atoms with Crippen molar-refractivity contribution in [1.82, 2.24) is 16.1 Å². The van der Waals surface area contributed by atoms with Crippen molar-refractivity contribution in [1.29, 1.82) is 0 Å². The van der Waals surface area contributed by atoms with Gasteiger partial charge in [0.1, 0.15) is 11.8 Å². The predicted molar refractivity (Wildman–Crippen MR) is 88.9 cm³/mol. The van der Waals surface area contributed by atoms with Crippen molar-refractivity contribution >= 4 is 17.7 Å². The highest BCUT2D eigenvalue weighted by molar-refractivity contribution is 5.87. The van der Waals surface area contributed by atoms with Crippen molar-refractivity contribution in [3.05, 3.63) is 0 Å². The SMILES string of the molecule is CC.CC(=O)CNC(=O)C(NN)C(C)C.CCCNC(N)=O. The van der Waals surface area contributed by atoms with Gasteiger partial charge < -0.3 is 16.4 Å². The largest absolute Gasteiger partial charge is 0.352 e. The van der Waals surface area contributed by atoms with Crippen LogP contribution in [0.5, 0.6) is 0 Å². The van der Waals surface area contributed by atoms with Gasteiger partial charge >= 0.3 is 6.03 Å². The summed E-state index contributed by atoms with van der Waals surface area (Å²) in [7, 11) is 0. The Kier molecular flexibility index (Phi) is 20.0. The summed E-state index contributed by atoms with van der Waals surface area (Å²) >= 11 is 0. The minimum atomic E-state index is -0.445. The van der Waals surface area contributed by atoms with Crippen LogP contribution in [0.1, 0.15) is 48.0 Å². The van der Waals surface area contributed by atoms with Crippen LogP contribution in [0.25, 0.3) is 0 Å². The van der Waals surface area contributed by atoms with Crippen molar-refractivity contribution in [3.8, 4) is 0 Å². The van der Waals surface area contributed by atoms with Crippen molar-refractivity contribution in [2.45, 2.75) is 54.0 Å². The molecule has 0 rings (SSSR count). The molecule has 3 amide bonds. The number of hydrogen-bond donors (Lipinski definition) is 5. The molecule has 1 unspecified atom stereocenters. The molecule has 0 aliphatic rings. The zero-order valence-corrected chi connectivity index (χ0v) is 14.7. The molecule has 1 atom stereocenters. The monoisotopic (exact) mass is 319 g/mol. The first kappa shape index (κ1) is 25.3. The fraction of sp³-hybridized carbons (Fsp3) is 0.786. The molecule has 0 heterocycles. The maximum absolute atomic E-state index is 11.3. The van der Waals surface area contributed by atoms with Crippen LogP contribution in [0.15, 0.2) is 0 Å². The van der Waals surface area contributed by atoms with E-state index in [0.29, 0.717) is 6.54 Å². The Morgan fingerprint density at radius 3 is 1.82 bits per heavy atom. The maximum Gasteiger partial charge on any atom is 0.312 e. The number of primary amides is 1. The summed E-state index contributed by atoms with van der Waals surface area (Å²) in [5.41, 5.74) is 7.13. The normalized spacial score (nSPS) is 10.4. The molecule has 0 saturated carbocycles. The molecule has 0 radical (unpaired) electrons. The molecular weight excluding hydrogens is 286 g/mol. The minimum absolute atomic E-state index is 0.0593. The number of ketones is 1. The number of nitrogens with one attached hydrogen (secondary N) is 3. The highest BCUT2D eigenvalue weighted by Crippen LogP contribution is 1.99. The Morgan fingerprint density at radius 1 is 1.09 bits per heavy atom. The van der Waals surface area contributed by atoms with E-state index >= 15 is 0 Å². The van der Waals surface area contributed by atoms with Crippen molar-refractivity contribution in [3.63, 3.8) is 0 Å². The van der Waals surface area contributed by atoms with E-state index in [9.17, 15) is 14.4 Å². The Hall–Kier alpha value is -1.67. The number of hydrazine groups is 1. The number of hydrogen-bond acceptors (Lipinski definition) is 5. The average molecular weight is 319 g/mol. The third kappa shape index (κ3) is 18.3. The molecule has 0 spiro atoms. The van der Waals surface area contributed by atoms with Gasteiger partial charge in [0.2, 0.25) is 5.91 Å². The van der Waals surface area contributed by atoms with E-state index in [0.717, 1.165) is 6.42 Å². The standard InChI is InChI=1S/C8H17N3O2.C4H10N2O.C2H6/c1-5(2)7(11-9)8(13)10-4-6(3)12;1-2-3-6-4(5)7;1-2/h5,7,11H,4,9H2,1-3H3,(H,10,13);2-3H2,1H3,(H3,5,6,7);1-2H3. The van der Waals surface area contributed by atoms with E-state index in [1.54, 1.807) is 0 Å². The highest BCUT2D eigenvalue weighted by Gasteiger charge is 2.19. The number of Topliss-reactive ketones (excluding diaryl/α,β-unsaturated/α-hetero) is 1. The molecule has 0 aliphatic carbocycles. The molecule has 0 saturated heterocycles. The smallest absolute Gasteiger partial charge is 0.312 e. The third-order valence-corrected chi connectivity index (χ3v) is 2.19. The Labute approximate surface area is 133 Å². The summed E-state index contributed by atoms with van der Waals surface area (Å²) in [6.45, 7) is 11.9. The number of carbonyl (C=O) groups is 3. The molecule has 0 bridgehead atoms. The summed E-state index contributed by atoms with van der Waals surface area (Å²) in [4.78, 5) is 31.7. The van der Waals surface area contributed by atoms with Crippen LogP contribution in [-0.4, -0.2) is 36.9 Å². The van der Waals surface area contributed by atoms with Gasteiger partial charge in [0.05, 0.1) is 6.54 Å². The summed E-state index contributed by atoms with van der Waals surface area (Å²) in [6, 6.07) is -0.888. The van der Waals surface area contributed by atoms with Gasteiger partial charge in [-0.25, -0.2) is 10.2 Å². The van der Waals surface area contributed by atoms with Crippen molar-refractivity contribution in [2.75, 3.05) is 13.1 Å². The molecule has 0 aromatic rings. The molecule has 8 nitrogen and oxygen atoms in total. The van der Waals surface area contributed by atoms with E-state index in [-0.39, 0.29) is 24.2 Å². The van der Waals surface area contributed by atoms with Gasteiger partial charge in [-0.1, -0.05) is 34.6 Å². The van der Waals surface area contributed by atoms with Crippen LogP contribution in [0, 0.1) is 5.92 Å². The zero-order valence-electron chi connectivity index (χ0n) is 14.7. The molecule has 7 N–H and O–H groups in total. The van der Waals surface area contributed by atoms with Crippen LogP contribution in [0.4, 0.5) is 4.79 Å². The Bertz CT molecular complexity index is 309. The second-order valence-electron chi connectivity index (χ2n) is 4.60. The Balaban J connectivity index is -0.000000339. The number of rotatable bonds is 7. The topological polar surface area (TPSA) is 139 Å². The average Bonchev–Trinajstić information content (AvgIpc) is 2.46. The van der Waals surface area contributed by atoms with Gasteiger partial charge in [0.25, 0.3) is 0 Å². The van der Waals surface area contributed by atoms with Crippen LogP contribution < -0.4 is 27.6 Å². The van der Waals surface area contributed by atoms with Crippen LogP contribution >= 0.6 is 0 Å². The van der Waals surface area contributed by atoms with Gasteiger partial charge in [-0.15, -0.1) is 0 Å². The first-order valence-corrected chi connectivity index (χ1v) is 7.52. The molecule has 132 valence electrons. The lowest BCUT2D eigenvalue weighted by atomic mass is 10.0. The number of urea groups is 1. The number of amides is 3. The maximum atomic E-state index is 11.3. The summed E-state index contributed by atoms with van der Waals surface area (Å²) < 4.78 is 0. The summed E-state index contributed by atoms with van der Waals surface area (Å²) in [5, 5.41) is 4.92. The lowest BCUT2D eigenvalue weighted by Gasteiger charge is -2.18. The van der Waals surface area contributed by atoms with E-state index in [1.807, 2.05) is 34.6 Å². The lowest BCUT2D eigenvalue weighted by Crippen LogP contribution is -2.51. The van der Waals surface area contributed by atoms with Crippen molar-refractivity contribution in [2.24, 2.45) is 17.5 Å². The first-order valence-electron chi connectivity index (χ1n) is 7.52. The number of carbonyl (C=O) groups excluding carboxylic acids is 3. The van der Waals surface area contributed by atoms with Gasteiger partial charge in [-0.2, -0.15) is 0 Å². The molecule has 0 fully saturated rings. The quantitative estimate of drug-likeness (QED) is 0.338. The molecule has 0 aromatic carbocycles. The second-order valence-corrected chi connectivity index (χ2v) is 4.60. The molecule has 22 heavy (non-hydrogen) atoms. The number of nitrogens with two attached hydrogens (primary N) is 2. The molecule has 0 aromatic heterocycles. The predicted octanol–water partition coefficient (Wildman–Crippen LogP) is 0.270. The summed E-state index contributed by atoms with van der Waals surface area (Å²) in [6.07, 6.45) is 0.933. The minimum Gasteiger partial charge on any atom is -0.352 e. The van der Waals surface area contributed by atoms with E-state index in [4.69, 9.17) is 11.6 Å². The van der Waals surface area contributed by atoms with Gasteiger partial charge in [0, 0.05) is 6.54 Å².